The summed E-state index contributed by atoms with van der Waals surface area (Å²) >= 11 is 0. The summed E-state index contributed by atoms with van der Waals surface area (Å²) in [5.74, 6) is -0.770. The number of rotatable bonds is 2. The molecular formula is C14H20N2O3. The average molecular weight is 264 g/mol. The minimum absolute atomic E-state index is 0.0757. The Morgan fingerprint density at radius 1 is 1.05 bits per heavy atom. The van der Waals surface area contributed by atoms with Crippen LogP contribution in [0.4, 0.5) is 0 Å². The summed E-state index contributed by atoms with van der Waals surface area (Å²) in [7, 11) is 0. The number of nitrogens with two attached hydrogens (primary N) is 1. The van der Waals surface area contributed by atoms with Crippen LogP contribution in [0.5, 0.6) is 0 Å². The molecule has 0 aromatic carbocycles. The van der Waals surface area contributed by atoms with Gasteiger partial charge in [-0.25, -0.2) is 0 Å². The van der Waals surface area contributed by atoms with Gasteiger partial charge in [-0.3, -0.25) is 9.59 Å². The van der Waals surface area contributed by atoms with Gasteiger partial charge in [-0.1, -0.05) is 25.7 Å². The van der Waals surface area contributed by atoms with E-state index in [9.17, 15) is 9.59 Å². The van der Waals surface area contributed by atoms with Crippen LogP contribution < -0.4 is 5.73 Å². The molecule has 1 saturated heterocycles. The second-order valence-electron chi connectivity index (χ2n) is 4.94. The molecule has 1 fully saturated rings. The van der Waals surface area contributed by atoms with E-state index in [-0.39, 0.29) is 17.2 Å². The molecule has 2 N–H and O–H groups in total. The van der Waals surface area contributed by atoms with Gasteiger partial charge in [0.05, 0.1) is 11.8 Å². The monoisotopic (exact) mass is 264 g/mol. The van der Waals surface area contributed by atoms with Crippen molar-refractivity contribution in [3.05, 3.63) is 23.7 Å². The predicted molar refractivity (Wildman–Crippen MR) is 70.8 cm³/mol. The van der Waals surface area contributed by atoms with E-state index in [1.165, 1.54) is 25.2 Å². The molecule has 5 nitrogen and oxygen atoms in total. The first-order chi connectivity index (χ1) is 9.20. The Kier molecular flexibility index (Phi) is 4.60. The number of hydrogen-bond donors (Lipinski definition) is 1. The van der Waals surface area contributed by atoms with Crippen molar-refractivity contribution in [1.82, 2.24) is 4.90 Å². The third-order valence-corrected chi connectivity index (χ3v) is 3.52. The average Bonchev–Trinajstić information content (AvgIpc) is 2.91. The van der Waals surface area contributed by atoms with E-state index in [1.54, 1.807) is 4.90 Å². The lowest BCUT2D eigenvalue weighted by Gasteiger charge is -2.21. The fourth-order valence-electron chi connectivity index (χ4n) is 2.44. The second-order valence-corrected chi connectivity index (χ2v) is 4.94. The van der Waals surface area contributed by atoms with Crippen LogP contribution in [0.1, 0.15) is 59.4 Å². The van der Waals surface area contributed by atoms with Crippen molar-refractivity contribution in [3.8, 4) is 0 Å². The van der Waals surface area contributed by atoms with Crippen molar-refractivity contribution in [1.29, 1.82) is 0 Å². The molecule has 1 aromatic rings. The van der Waals surface area contributed by atoms with Gasteiger partial charge in [0.15, 0.2) is 0 Å². The van der Waals surface area contributed by atoms with Gasteiger partial charge in [0, 0.05) is 13.1 Å². The Morgan fingerprint density at radius 2 is 1.63 bits per heavy atom. The fraction of sp³-hybridized carbons (Fsp3) is 0.571. The fourth-order valence-corrected chi connectivity index (χ4v) is 2.44. The maximum atomic E-state index is 12.4. The molecule has 0 atom stereocenters. The molecule has 2 rings (SSSR count). The van der Waals surface area contributed by atoms with Gasteiger partial charge in [-0.05, 0) is 18.9 Å². The highest BCUT2D eigenvalue weighted by molar-refractivity contribution is 6.04. The zero-order valence-electron chi connectivity index (χ0n) is 11.1. The first-order valence-corrected chi connectivity index (χ1v) is 6.86. The van der Waals surface area contributed by atoms with Crippen LogP contribution in [0.25, 0.3) is 0 Å². The molecule has 0 bridgehead atoms. The largest absolute Gasteiger partial charge is 0.458 e. The zero-order chi connectivity index (χ0) is 13.7. The van der Waals surface area contributed by atoms with Crippen LogP contribution in [-0.2, 0) is 0 Å². The summed E-state index contributed by atoms with van der Waals surface area (Å²) < 4.78 is 5.15. The Bertz CT molecular complexity index is 443. The molecule has 19 heavy (non-hydrogen) atoms. The van der Waals surface area contributed by atoms with E-state index in [0.717, 1.165) is 38.8 Å². The molecule has 1 aromatic heterocycles. The van der Waals surface area contributed by atoms with E-state index in [4.69, 9.17) is 10.2 Å². The SMILES string of the molecule is NC(=O)c1ccoc1C(=O)N1CCCCCCCC1. The Hall–Kier alpha value is -1.78. The predicted octanol–water partition coefficient (Wildman–Crippen LogP) is 2.17. The highest BCUT2D eigenvalue weighted by Gasteiger charge is 2.24. The van der Waals surface area contributed by atoms with E-state index < -0.39 is 5.91 Å². The van der Waals surface area contributed by atoms with Crippen molar-refractivity contribution in [2.75, 3.05) is 13.1 Å². The number of primary amides is 1. The maximum Gasteiger partial charge on any atom is 0.290 e. The molecule has 0 unspecified atom stereocenters. The summed E-state index contributed by atoms with van der Waals surface area (Å²) in [5, 5.41) is 0. The Balaban J connectivity index is 2.11. The molecule has 2 amide bonds. The molecule has 2 heterocycles. The molecule has 0 aliphatic carbocycles. The van der Waals surface area contributed by atoms with Crippen LogP contribution in [0.3, 0.4) is 0 Å². The van der Waals surface area contributed by atoms with Crippen molar-refractivity contribution in [3.63, 3.8) is 0 Å². The number of nitrogens with zero attached hydrogens (tertiary/aromatic N) is 1. The lowest BCUT2D eigenvalue weighted by atomic mass is 10.1. The Labute approximate surface area is 112 Å². The van der Waals surface area contributed by atoms with Gasteiger partial charge < -0.3 is 15.1 Å². The van der Waals surface area contributed by atoms with Gasteiger partial charge in [0.1, 0.15) is 0 Å². The topological polar surface area (TPSA) is 76.5 Å². The molecule has 0 radical (unpaired) electrons. The number of carbonyl (C=O) groups excluding carboxylic acids is 2. The zero-order valence-corrected chi connectivity index (χ0v) is 11.1. The van der Waals surface area contributed by atoms with Gasteiger partial charge in [-0.15, -0.1) is 0 Å². The summed E-state index contributed by atoms with van der Waals surface area (Å²) in [6.07, 6.45) is 8.08. The van der Waals surface area contributed by atoms with Gasteiger partial charge in [-0.2, -0.15) is 0 Å². The molecule has 1 aliphatic rings. The van der Waals surface area contributed by atoms with Crippen LogP contribution in [0.15, 0.2) is 16.7 Å². The molecule has 104 valence electrons. The molecule has 1 aliphatic heterocycles. The quantitative estimate of drug-likeness (QED) is 0.889. The summed E-state index contributed by atoms with van der Waals surface area (Å²) in [5.41, 5.74) is 5.41. The van der Waals surface area contributed by atoms with E-state index in [1.807, 2.05) is 0 Å². The minimum Gasteiger partial charge on any atom is -0.458 e. The van der Waals surface area contributed by atoms with Crippen molar-refractivity contribution < 1.29 is 14.0 Å². The van der Waals surface area contributed by atoms with Gasteiger partial charge in [0.25, 0.3) is 11.8 Å². The minimum atomic E-state index is -0.624. The first-order valence-electron chi connectivity index (χ1n) is 6.86. The third kappa shape index (κ3) is 3.36. The first kappa shape index (κ1) is 13.6. The normalized spacial score (nSPS) is 17.4. The van der Waals surface area contributed by atoms with Crippen molar-refractivity contribution >= 4 is 11.8 Å². The number of hydrogen-bond acceptors (Lipinski definition) is 3. The van der Waals surface area contributed by atoms with Crippen LogP contribution in [-0.4, -0.2) is 29.8 Å². The lowest BCUT2D eigenvalue weighted by molar-refractivity contribution is 0.0715. The molecule has 0 spiro atoms. The standard InChI is InChI=1S/C14H20N2O3/c15-13(17)11-7-10-19-12(11)14(18)16-8-5-3-1-2-4-6-9-16/h7,10H,1-6,8-9H2,(H2,15,17). The number of amides is 2. The van der Waals surface area contributed by atoms with Crippen LogP contribution >= 0.6 is 0 Å². The molecule has 0 saturated carbocycles. The number of carbonyl (C=O) groups is 2. The summed E-state index contributed by atoms with van der Waals surface area (Å²) in [4.78, 5) is 25.4. The smallest absolute Gasteiger partial charge is 0.290 e. The second kappa shape index (κ2) is 6.41. The number of furan rings is 1. The van der Waals surface area contributed by atoms with E-state index >= 15 is 0 Å². The van der Waals surface area contributed by atoms with Crippen molar-refractivity contribution in [2.45, 2.75) is 38.5 Å². The van der Waals surface area contributed by atoms with E-state index in [2.05, 4.69) is 0 Å². The van der Waals surface area contributed by atoms with Gasteiger partial charge >= 0.3 is 0 Å². The lowest BCUT2D eigenvalue weighted by Crippen LogP contribution is -2.33. The van der Waals surface area contributed by atoms with Crippen LogP contribution in [0.2, 0.25) is 0 Å². The maximum absolute atomic E-state index is 12.4. The van der Waals surface area contributed by atoms with Crippen molar-refractivity contribution in [2.24, 2.45) is 5.73 Å². The third-order valence-electron chi connectivity index (χ3n) is 3.52. The van der Waals surface area contributed by atoms with Crippen LogP contribution in [0, 0.1) is 0 Å². The summed E-state index contributed by atoms with van der Waals surface area (Å²) in [6, 6.07) is 1.45. The Morgan fingerprint density at radius 3 is 2.21 bits per heavy atom. The van der Waals surface area contributed by atoms with E-state index in [0.29, 0.717) is 0 Å². The highest BCUT2D eigenvalue weighted by Crippen LogP contribution is 2.16. The highest BCUT2D eigenvalue weighted by atomic mass is 16.3. The van der Waals surface area contributed by atoms with Gasteiger partial charge in [0.2, 0.25) is 5.76 Å². The molecular weight excluding hydrogens is 244 g/mol. The molecule has 5 heteroatoms. The summed E-state index contributed by atoms with van der Waals surface area (Å²) in [6.45, 7) is 1.44.